The number of amides is 1. The van der Waals surface area contributed by atoms with E-state index in [4.69, 9.17) is 0 Å². The first-order valence-corrected chi connectivity index (χ1v) is 7.45. The molecule has 3 aliphatic rings. The lowest BCUT2D eigenvalue weighted by Crippen LogP contribution is -2.47. The van der Waals surface area contributed by atoms with E-state index in [9.17, 15) is 10.1 Å². The quantitative estimate of drug-likeness (QED) is 0.745. The van der Waals surface area contributed by atoms with Crippen LogP contribution in [0.2, 0.25) is 0 Å². The Balaban J connectivity index is 1.82. The molecule has 1 unspecified atom stereocenters. The van der Waals surface area contributed by atoms with Crippen LogP contribution in [0.25, 0.3) is 5.70 Å². The summed E-state index contributed by atoms with van der Waals surface area (Å²) >= 11 is 0. The highest BCUT2D eigenvalue weighted by Crippen LogP contribution is 2.54. The van der Waals surface area contributed by atoms with E-state index in [1.807, 2.05) is 0 Å². The van der Waals surface area contributed by atoms with Crippen molar-refractivity contribution in [2.24, 2.45) is 16.3 Å². The third kappa shape index (κ3) is 1.94. The number of carbonyl (C=O) groups is 1. The maximum atomic E-state index is 12.1. The Morgan fingerprint density at radius 3 is 2.71 bits per heavy atom. The second kappa shape index (κ2) is 4.39. The van der Waals surface area contributed by atoms with Gasteiger partial charge in [-0.25, -0.2) is 4.99 Å². The summed E-state index contributed by atoms with van der Waals surface area (Å²) in [6, 6.07) is 5.68. The summed E-state index contributed by atoms with van der Waals surface area (Å²) in [5.41, 5.74) is 1.33. The Labute approximate surface area is 122 Å². The highest BCUT2D eigenvalue weighted by atomic mass is 16.1. The fourth-order valence-corrected chi connectivity index (χ4v) is 3.47. The van der Waals surface area contributed by atoms with Gasteiger partial charge in [-0.05, 0) is 43.2 Å². The Bertz CT molecular complexity index is 762. The highest BCUT2D eigenvalue weighted by molar-refractivity contribution is 5.91. The Morgan fingerprint density at radius 1 is 1.29 bits per heavy atom. The molecule has 0 bridgehead atoms. The van der Waals surface area contributed by atoms with Gasteiger partial charge in [-0.1, -0.05) is 0 Å². The lowest BCUT2D eigenvalue weighted by molar-refractivity contribution is -0.119. The molecule has 106 valence electrons. The Hall–Kier alpha value is -2.22. The van der Waals surface area contributed by atoms with E-state index in [1.54, 1.807) is 18.3 Å². The molecule has 2 aliphatic heterocycles. The zero-order valence-corrected chi connectivity index (χ0v) is 11.7. The van der Waals surface area contributed by atoms with Gasteiger partial charge in [0.05, 0.1) is 17.1 Å². The van der Waals surface area contributed by atoms with E-state index >= 15 is 0 Å². The minimum Gasteiger partial charge on any atom is -0.371 e. The molecule has 1 atom stereocenters. The van der Waals surface area contributed by atoms with E-state index < -0.39 is 5.92 Å². The van der Waals surface area contributed by atoms with Crippen molar-refractivity contribution in [3.8, 4) is 6.07 Å². The normalized spacial score (nSPS) is 26.0. The van der Waals surface area contributed by atoms with E-state index in [0.717, 1.165) is 31.6 Å². The highest BCUT2D eigenvalue weighted by Gasteiger charge is 2.45. The van der Waals surface area contributed by atoms with Gasteiger partial charge < -0.3 is 4.90 Å². The lowest BCUT2D eigenvalue weighted by atomic mass is 9.91. The van der Waals surface area contributed by atoms with Crippen LogP contribution >= 0.6 is 0 Å². The van der Waals surface area contributed by atoms with Crippen molar-refractivity contribution < 1.29 is 4.79 Å². The number of likely N-dealkylation sites (tertiary alicyclic amines) is 1. The Morgan fingerprint density at radius 2 is 2.05 bits per heavy atom. The van der Waals surface area contributed by atoms with Gasteiger partial charge in [-0.2, -0.15) is 5.26 Å². The minimum atomic E-state index is -0.805. The molecule has 0 radical (unpaired) electrons. The number of pyridine rings is 1. The second-order valence-corrected chi connectivity index (χ2v) is 6.26. The van der Waals surface area contributed by atoms with Crippen LogP contribution in [-0.4, -0.2) is 28.9 Å². The molecule has 3 heterocycles. The first-order valence-electron chi connectivity index (χ1n) is 7.45. The average molecular weight is 280 g/mol. The van der Waals surface area contributed by atoms with Crippen molar-refractivity contribution >= 4 is 11.6 Å². The van der Waals surface area contributed by atoms with Crippen LogP contribution in [-0.2, 0) is 4.79 Å². The number of nitriles is 1. The largest absolute Gasteiger partial charge is 0.371 e. The zero-order chi connectivity index (χ0) is 14.4. The van der Waals surface area contributed by atoms with Crippen molar-refractivity contribution in [1.82, 2.24) is 9.88 Å². The van der Waals surface area contributed by atoms with Crippen molar-refractivity contribution in [2.75, 3.05) is 13.1 Å². The standard InChI is InChI=1S/C16H16N4O/c17-10-11-14(20-8-5-16(3-4-16)6-9-20)13-12(19-15(11)21)2-1-7-18-13/h1-2,7,11H,3-6,8-9H2. The van der Waals surface area contributed by atoms with Gasteiger partial charge in [0.15, 0.2) is 5.92 Å². The van der Waals surface area contributed by atoms with Gasteiger partial charge in [-0.15, -0.1) is 0 Å². The summed E-state index contributed by atoms with van der Waals surface area (Å²) < 4.78 is 0. The SMILES string of the molecule is N#CC1C(=O)N=c2cccnc2=C1N1CCC2(CC1)CC2. The van der Waals surface area contributed by atoms with Crippen molar-refractivity contribution in [1.29, 1.82) is 5.26 Å². The molecule has 2 fully saturated rings. The molecule has 21 heavy (non-hydrogen) atoms. The number of nitrogens with zero attached hydrogens (tertiary/aromatic N) is 4. The number of hydrogen-bond donors (Lipinski definition) is 0. The number of fused-ring (bicyclic) bond motifs is 1. The van der Waals surface area contributed by atoms with E-state index in [1.165, 1.54) is 12.8 Å². The maximum Gasteiger partial charge on any atom is 0.269 e. The molecule has 1 aromatic heterocycles. The van der Waals surface area contributed by atoms with Gasteiger partial charge >= 0.3 is 0 Å². The molecule has 0 N–H and O–H groups in total. The molecule has 1 aliphatic carbocycles. The molecular weight excluding hydrogens is 264 g/mol. The van der Waals surface area contributed by atoms with Crippen LogP contribution in [0.3, 0.4) is 0 Å². The fourth-order valence-electron chi connectivity index (χ4n) is 3.47. The summed E-state index contributed by atoms with van der Waals surface area (Å²) in [6.07, 6.45) is 6.68. The third-order valence-electron chi connectivity index (χ3n) is 5.03. The maximum absolute atomic E-state index is 12.1. The molecule has 1 spiro atoms. The van der Waals surface area contributed by atoms with E-state index in [0.29, 0.717) is 16.1 Å². The van der Waals surface area contributed by atoms with E-state index in [-0.39, 0.29) is 5.91 Å². The number of rotatable bonds is 1. The van der Waals surface area contributed by atoms with Crippen LogP contribution in [0.4, 0.5) is 0 Å². The van der Waals surface area contributed by atoms with Crippen molar-refractivity contribution in [2.45, 2.75) is 25.7 Å². The summed E-state index contributed by atoms with van der Waals surface area (Å²) in [7, 11) is 0. The van der Waals surface area contributed by atoms with Gasteiger partial charge in [0.2, 0.25) is 0 Å². The van der Waals surface area contributed by atoms with Crippen LogP contribution in [0.5, 0.6) is 0 Å². The predicted molar refractivity (Wildman–Crippen MR) is 75.0 cm³/mol. The van der Waals surface area contributed by atoms with Gasteiger partial charge in [0, 0.05) is 19.3 Å². The minimum absolute atomic E-state index is 0.361. The van der Waals surface area contributed by atoms with Gasteiger partial charge in [-0.3, -0.25) is 9.78 Å². The third-order valence-corrected chi connectivity index (χ3v) is 5.03. The molecule has 5 heteroatoms. The Kier molecular flexibility index (Phi) is 2.61. The number of hydrogen-bond acceptors (Lipinski definition) is 4. The van der Waals surface area contributed by atoms with Crippen LogP contribution in [0, 0.1) is 22.7 Å². The number of carbonyl (C=O) groups excluding carboxylic acids is 1. The fraction of sp³-hybridized carbons (Fsp3) is 0.500. The van der Waals surface area contributed by atoms with Crippen molar-refractivity contribution in [3.63, 3.8) is 0 Å². The molecule has 0 aromatic carbocycles. The summed E-state index contributed by atoms with van der Waals surface area (Å²) in [5.74, 6) is -1.17. The number of aromatic nitrogens is 1. The summed E-state index contributed by atoms with van der Waals surface area (Å²) in [4.78, 5) is 22.7. The zero-order valence-electron chi connectivity index (χ0n) is 11.7. The van der Waals surface area contributed by atoms with Gasteiger partial charge in [0.25, 0.3) is 5.91 Å². The van der Waals surface area contributed by atoms with Crippen molar-refractivity contribution in [3.05, 3.63) is 29.0 Å². The monoisotopic (exact) mass is 280 g/mol. The topological polar surface area (TPSA) is 69.3 Å². The predicted octanol–water partition coefficient (Wildman–Crippen LogP) is 0.365. The molecule has 4 rings (SSSR count). The van der Waals surface area contributed by atoms with E-state index in [2.05, 4.69) is 20.9 Å². The average Bonchev–Trinajstić information content (AvgIpc) is 3.26. The smallest absolute Gasteiger partial charge is 0.269 e. The molecule has 5 nitrogen and oxygen atoms in total. The number of piperidine rings is 1. The van der Waals surface area contributed by atoms with Crippen LogP contribution < -0.4 is 10.7 Å². The van der Waals surface area contributed by atoms with Gasteiger partial charge in [0.1, 0.15) is 5.35 Å². The summed E-state index contributed by atoms with van der Waals surface area (Å²) in [6.45, 7) is 1.83. The lowest BCUT2D eigenvalue weighted by Gasteiger charge is -2.36. The van der Waals surface area contributed by atoms with Crippen LogP contribution in [0.15, 0.2) is 23.3 Å². The molecular formula is C16H16N4O. The molecule has 1 aromatic rings. The molecule has 1 amide bonds. The molecule has 1 saturated carbocycles. The van der Waals surface area contributed by atoms with Crippen LogP contribution in [0.1, 0.15) is 25.7 Å². The first kappa shape index (κ1) is 12.5. The second-order valence-electron chi connectivity index (χ2n) is 6.26. The first-order chi connectivity index (χ1) is 10.2. The summed E-state index contributed by atoms with van der Waals surface area (Å²) in [5, 5.41) is 10.7. The molecule has 1 saturated heterocycles.